The van der Waals surface area contributed by atoms with Crippen molar-refractivity contribution in [3.8, 4) is 0 Å². The second-order valence-electron chi connectivity index (χ2n) is 7.14. The van der Waals surface area contributed by atoms with Crippen LogP contribution < -0.4 is 5.73 Å². The molecule has 3 atom stereocenters. The van der Waals surface area contributed by atoms with Crippen LogP contribution in [0.5, 0.6) is 0 Å². The van der Waals surface area contributed by atoms with Crippen molar-refractivity contribution in [1.29, 1.82) is 0 Å². The molecule has 2 aliphatic rings. The Kier molecular flexibility index (Phi) is 7.85. The van der Waals surface area contributed by atoms with Gasteiger partial charge in [-0.3, -0.25) is 4.90 Å². The number of ether oxygens (including phenoxy) is 1. The summed E-state index contributed by atoms with van der Waals surface area (Å²) in [5.74, 6) is -4.45. The van der Waals surface area contributed by atoms with Crippen molar-refractivity contribution in [2.45, 2.75) is 43.9 Å². The van der Waals surface area contributed by atoms with E-state index in [0.29, 0.717) is 19.0 Å². The van der Waals surface area contributed by atoms with Gasteiger partial charge in [-0.05, 0) is 12.5 Å². The molecule has 31 heavy (non-hydrogen) atoms. The lowest BCUT2D eigenvalue weighted by molar-refractivity contribution is -0.145. The van der Waals surface area contributed by atoms with Crippen LogP contribution in [0, 0.1) is 17.5 Å². The number of nitrogens with two attached hydrogens (primary N) is 1. The minimum absolute atomic E-state index is 0. The summed E-state index contributed by atoms with van der Waals surface area (Å²) in [6.45, 7) is 0.884. The van der Waals surface area contributed by atoms with Gasteiger partial charge in [0.1, 0.15) is 17.7 Å². The molecular weight excluding hydrogens is 475 g/mol. The summed E-state index contributed by atoms with van der Waals surface area (Å²) < 4.78 is 85.9. The van der Waals surface area contributed by atoms with Crippen molar-refractivity contribution in [2.24, 2.45) is 5.73 Å². The zero-order valence-corrected chi connectivity index (χ0v) is 17.4. The van der Waals surface area contributed by atoms with Crippen LogP contribution in [0.25, 0.3) is 0 Å². The molecule has 0 saturated carbocycles. The van der Waals surface area contributed by atoms with Gasteiger partial charge >= 0.3 is 6.18 Å². The van der Waals surface area contributed by atoms with Crippen molar-refractivity contribution < 1.29 is 31.1 Å². The zero-order chi connectivity index (χ0) is 20.9. The second-order valence-corrected chi connectivity index (χ2v) is 7.14. The Morgan fingerprint density at radius 3 is 2.35 bits per heavy atom. The highest BCUT2D eigenvalue weighted by Gasteiger charge is 2.40. The number of hydrogen-bond acceptors (Lipinski definition) is 5. The molecule has 4 rings (SSSR count). The largest absolute Gasteiger partial charge is 0.453 e. The summed E-state index contributed by atoms with van der Waals surface area (Å²) in [7, 11) is 0. The zero-order valence-electron chi connectivity index (χ0n) is 15.8. The first-order valence-corrected chi connectivity index (χ1v) is 8.90. The van der Waals surface area contributed by atoms with E-state index in [1.54, 1.807) is 0 Å². The van der Waals surface area contributed by atoms with Crippen molar-refractivity contribution in [2.75, 3.05) is 13.2 Å². The van der Waals surface area contributed by atoms with Crippen molar-refractivity contribution >= 4 is 24.8 Å². The Balaban J connectivity index is 0.00000171. The molecule has 0 radical (unpaired) electrons. The lowest BCUT2D eigenvalue weighted by Crippen LogP contribution is -2.51. The summed E-state index contributed by atoms with van der Waals surface area (Å²) in [6.07, 6.45) is -5.23. The maximum absolute atomic E-state index is 14.0. The average Bonchev–Trinajstić information content (AvgIpc) is 3.09. The van der Waals surface area contributed by atoms with Gasteiger partial charge in [-0.2, -0.15) is 13.2 Å². The molecule has 1 aromatic carbocycles. The summed E-state index contributed by atoms with van der Waals surface area (Å²) in [6, 6.07) is 0.230. The first-order valence-electron chi connectivity index (χ1n) is 8.90. The van der Waals surface area contributed by atoms with Crippen LogP contribution in [0.3, 0.4) is 0 Å². The van der Waals surface area contributed by atoms with E-state index < -0.39 is 41.6 Å². The Labute approximate surface area is 185 Å². The normalized spacial score (nSPS) is 24.2. The lowest BCUT2D eigenvalue weighted by atomic mass is 9.93. The Hall–Kier alpha value is -1.60. The van der Waals surface area contributed by atoms with Crippen LogP contribution in [-0.4, -0.2) is 44.9 Å². The fraction of sp³-hybridized carbons (Fsp3) is 0.529. The molecule has 0 spiro atoms. The van der Waals surface area contributed by atoms with Gasteiger partial charge < -0.3 is 10.5 Å². The topological polar surface area (TPSA) is 69.2 Å². The summed E-state index contributed by atoms with van der Waals surface area (Å²) in [4.78, 5) is 5.44. The van der Waals surface area contributed by atoms with E-state index in [2.05, 4.69) is 10.1 Å². The standard InChI is InChI=1S/C17H17F6N5O.2ClH/c18-10-5-12(20)11(19)4-9(10)15-13(24)3-8(7-29-15)27-1-2-28-14(6-27)25-16(26-28)17(21,22)23;;/h4-5,8,13,15H,1-3,6-7,24H2;2*1H/t8-,13+,15?;;/m1../s1. The number of rotatable bonds is 2. The van der Waals surface area contributed by atoms with Gasteiger partial charge in [0.05, 0.1) is 19.7 Å². The van der Waals surface area contributed by atoms with Gasteiger partial charge in [-0.15, -0.1) is 29.9 Å². The number of alkyl halides is 3. The van der Waals surface area contributed by atoms with Gasteiger partial charge in [-0.25, -0.2) is 22.8 Å². The number of aromatic nitrogens is 3. The van der Waals surface area contributed by atoms with E-state index in [-0.39, 0.29) is 61.9 Å². The smallest absolute Gasteiger partial charge is 0.370 e. The predicted octanol–water partition coefficient (Wildman–Crippen LogP) is 3.23. The molecular formula is C17H19Cl2F6N5O. The molecule has 0 bridgehead atoms. The Morgan fingerprint density at radius 2 is 1.71 bits per heavy atom. The molecule has 2 aliphatic heterocycles. The van der Waals surface area contributed by atoms with Crippen LogP contribution in [0.2, 0.25) is 0 Å². The van der Waals surface area contributed by atoms with Gasteiger partial charge in [0, 0.05) is 30.3 Å². The molecule has 2 aromatic rings. The van der Waals surface area contributed by atoms with Crippen LogP contribution in [-0.2, 0) is 24.0 Å². The number of benzene rings is 1. The van der Waals surface area contributed by atoms with Crippen LogP contribution in [0.15, 0.2) is 12.1 Å². The SMILES string of the molecule is Cl.Cl.N[C@H]1C[C@@H](N2CCn3nc(C(F)(F)F)nc3C2)COC1c1cc(F)c(F)cc1F. The summed E-state index contributed by atoms with van der Waals surface area (Å²) in [5, 5.41) is 3.48. The van der Waals surface area contributed by atoms with Gasteiger partial charge in [-0.1, -0.05) is 0 Å². The number of nitrogens with zero attached hydrogens (tertiary/aromatic N) is 4. The highest BCUT2D eigenvalue weighted by molar-refractivity contribution is 5.85. The molecule has 1 unspecified atom stereocenters. The number of halogens is 8. The summed E-state index contributed by atoms with van der Waals surface area (Å²) in [5.41, 5.74) is 5.94. The second kappa shape index (κ2) is 9.49. The summed E-state index contributed by atoms with van der Waals surface area (Å²) >= 11 is 0. The van der Waals surface area contributed by atoms with E-state index in [0.717, 1.165) is 6.07 Å². The Morgan fingerprint density at radius 1 is 1.03 bits per heavy atom. The van der Waals surface area contributed by atoms with Gasteiger partial charge in [0.2, 0.25) is 0 Å². The lowest BCUT2D eigenvalue weighted by Gasteiger charge is -2.41. The van der Waals surface area contributed by atoms with Crippen molar-refractivity contribution in [1.82, 2.24) is 19.7 Å². The van der Waals surface area contributed by atoms with E-state index in [9.17, 15) is 26.3 Å². The first-order chi connectivity index (χ1) is 13.6. The van der Waals surface area contributed by atoms with Crippen molar-refractivity contribution in [3.63, 3.8) is 0 Å². The maximum atomic E-state index is 14.0. The number of hydrogen-bond donors (Lipinski definition) is 1. The molecule has 0 aliphatic carbocycles. The fourth-order valence-corrected chi connectivity index (χ4v) is 3.76. The quantitative estimate of drug-likeness (QED) is 0.513. The third-order valence-corrected chi connectivity index (χ3v) is 5.21. The van der Waals surface area contributed by atoms with E-state index >= 15 is 0 Å². The van der Waals surface area contributed by atoms with E-state index in [1.807, 2.05) is 4.90 Å². The fourth-order valence-electron chi connectivity index (χ4n) is 3.76. The molecule has 1 aromatic heterocycles. The van der Waals surface area contributed by atoms with Crippen LogP contribution in [0.1, 0.15) is 29.7 Å². The molecule has 14 heteroatoms. The average molecular weight is 494 g/mol. The van der Waals surface area contributed by atoms with Gasteiger partial charge in [0.25, 0.3) is 5.82 Å². The highest BCUT2D eigenvalue weighted by Crippen LogP contribution is 2.33. The van der Waals surface area contributed by atoms with Crippen LogP contribution in [0.4, 0.5) is 26.3 Å². The van der Waals surface area contributed by atoms with E-state index in [4.69, 9.17) is 10.5 Å². The van der Waals surface area contributed by atoms with E-state index in [1.165, 1.54) is 4.68 Å². The molecule has 0 amide bonds. The first kappa shape index (κ1) is 25.7. The monoisotopic (exact) mass is 493 g/mol. The highest BCUT2D eigenvalue weighted by atomic mass is 35.5. The van der Waals surface area contributed by atoms with Crippen molar-refractivity contribution in [3.05, 3.63) is 46.8 Å². The maximum Gasteiger partial charge on any atom is 0.453 e. The number of fused-ring (bicyclic) bond motifs is 1. The molecule has 174 valence electrons. The molecule has 6 nitrogen and oxygen atoms in total. The molecule has 3 heterocycles. The van der Waals surface area contributed by atoms with Crippen LogP contribution >= 0.6 is 24.8 Å². The third-order valence-electron chi connectivity index (χ3n) is 5.21. The minimum Gasteiger partial charge on any atom is -0.370 e. The molecule has 1 fully saturated rings. The minimum atomic E-state index is -4.62. The van der Waals surface area contributed by atoms with Gasteiger partial charge in [0.15, 0.2) is 11.6 Å². The third kappa shape index (κ3) is 5.08. The predicted molar refractivity (Wildman–Crippen MR) is 101 cm³/mol. The molecule has 1 saturated heterocycles. The Bertz CT molecular complexity index is 927. The molecule has 2 N–H and O–H groups in total.